The highest BCUT2D eigenvalue weighted by molar-refractivity contribution is 7.15. The molecular formula is C15H27N3O2S. The molecule has 0 bridgehead atoms. The fourth-order valence-corrected chi connectivity index (χ4v) is 3.33. The third-order valence-electron chi connectivity index (χ3n) is 3.64. The quantitative estimate of drug-likeness (QED) is 0.635. The summed E-state index contributed by atoms with van der Waals surface area (Å²) >= 11 is 1.79. The van der Waals surface area contributed by atoms with Crippen LogP contribution in [0.15, 0.2) is 0 Å². The monoisotopic (exact) mass is 313 g/mol. The van der Waals surface area contributed by atoms with Gasteiger partial charge in [0.25, 0.3) is 0 Å². The Bertz CT molecular complexity index is 421. The third kappa shape index (κ3) is 5.21. The van der Waals surface area contributed by atoms with Crippen molar-refractivity contribution in [1.82, 2.24) is 10.3 Å². The van der Waals surface area contributed by atoms with E-state index < -0.39 is 0 Å². The Morgan fingerprint density at radius 3 is 2.76 bits per heavy atom. The molecule has 0 aliphatic heterocycles. The van der Waals surface area contributed by atoms with Crippen LogP contribution in [0.2, 0.25) is 0 Å². The Kier molecular flexibility index (Phi) is 6.89. The van der Waals surface area contributed by atoms with E-state index in [2.05, 4.69) is 17.1 Å². The molecule has 1 aliphatic carbocycles. The zero-order chi connectivity index (χ0) is 15.1. The number of hydrogen-bond donors (Lipinski definition) is 1. The summed E-state index contributed by atoms with van der Waals surface area (Å²) in [6.45, 7) is 7.37. The summed E-state index contributed by atoms with van der Waals surface area (Å²) in [6.07, 6.45) is 2.75. The van der Waals surface area contributed by atoms with Gasteiger partial charge in [0, 0.05) is 45.3 Å². The van der Waals surface area contributed by atoms with Gasteiger partial charge in [0.05, 0.1) is 18.9 Å². The van der Waals surface area contributed by atoms with Crippen molar-refractivity contribution in [3.8, 4) is 0 Å². The number of thiazole rings is 1. The number of rotatable bonds is 11. The van der Waals surface area contributed by atoms with Crippen molar-refractivity contribution in [1.29, 1.82) is 0 Å². The van der Waals surface area contributed by atoms with E-state index in [1.807, 2.05) is 0 Å². The first-order valence-electron chi connectivity index (χ1n) is 7.70. The molecule has 0 amide bonds. The predicted molar refractivity (Wildman–Crippen MR) is 87.0 cm³/mol. The molecule has 1 aromatic rings. The first-order chi connectivity index (χ1) is 10.3. The first kappa shape index (κ1) is 16.7. The molecule has 120 valence electrons. The van der Waals surface area contributed by atoms with Crippen LogP contribution in [0, 0.1) is 5.92 Å². The number of methoxy groups -OCH3 is 2. The highest BCUT2D eigenvalue weighted by Crippen LogP contribution is 2.33. The first-order valence-corrected chi connectivity index (χ1v) is 8.52. The van der Waals surface area contributed by atoms with Gasteiger partial charge in [0.2, 0.25) is 0 Å². The van der Waals surface area contributed by atoms with Gasteiger partial charge in [-0.15, -0.1) is 11.3 Å². The molecule has 0 radical (unpaired) electrons. The maximum absolute atomic E-state index is 5.29. The minimum Gasteiger partial charge on any atom is -0.383 e. The third-order valence-corrected chi connectivity index (χ3v) is 4.80. The molecular weight excluding hydrogens is 286 g/mol. The van der Waals surface area contributed by atoms with Crippen molar-refractivity contribution in [3.63, 3.8) is 0 Å². The van der Waals surface area contributed by atoms with Crippen molar-refractivity contribution in [2.75, 3.05) is 45.4 Å². The SMILES string of the molecule is CCN(CC1CC1)c1nc(COC)c(CNCCOC)s1. The van der Waals surface area contributed by atoms with E-state index in [1.165, 1.54) is 17.7 Å². The van der Waals surface area contributed by atoms with Gasteiger partial charge < -0.3 is 19.7 Å². The maximum Gasteiger partial charge on any atom is 0.185 e. The minimum atomic E-state index is 0.582. The van der Waals surface area contributed by atoms with Crippen molar-refractivity contribution >= 4 is 16.5 Å². The van der Waals surface area contributed by atoms with Gasteiger partial charge in [0.15, 0.2) is 5.13 Å². The number of nitrogens with one attached hydrogen (secondary N) is 1. The molecule has 21 heavy (non-hydrogen) atoms. The second kappa shape index (κ2) is 8.68. The summed E-state index contributed by atoms with van der Waals surface area (Å²) in [7, 11) is 3.45. The normalized spacial score (nSPS) is 14.6. The average molecular weight is 313 g/mol. The van der Waals surface area contributed by atoms with Crippen LogP contribution in [0.4, 0.5) is 5.13 Å². The zero-order valence-corrected chi connectivity index (χ0v) is 14.2. The van der Waals surface area contributed by atoms with Gasteiger partial charge in [-0.25, -0.2) is 4.98 Å². The Balaban J connectivity index is 1.99. The highest BCUT2D eigenvalue weighted by atomic mass is 32.1. The number of anilines is 1. The molecule has 0 saturated heterocycles. The standard InChI is InChI=1S/C15H27N3O2S/c1-4-18(10-12-5-6-12)15-17-13(11-20-3)14(21-15)9-16-7-8-19-2/h12,16H,4-11H2,1-3H3. The van der Waals surface area contributed by atoms with Crippen LogP contribution >= 0.6 is 11.3 Å². The van der Waals surface area contributed by atoms with E-state index in [0.717, 1.165) is 49.5 Å². The number of nitrogens with zero attached hydrogens (tertiary/aromatic N) is 2. The Morgan fingerprint density at radius 2 is 2.14 bits per heavy atom. The summed E-state index contributed by atoms with van der Waals surface area (Å²) in [5, 5.41) is 4.54. The minimum absolute atomic E-state index is 0.582. The molecule has 1 N–H and O–H groups in total. The molecule has 1 aliphatic rings. The lowest BCUT2D eigenvalue weighted by Gasteiger charge is -2.19. The lowest BCUT2D eigenvalue weighted by atomic mass is 10.3. The van der Waals surface area contributed by atoms with Crippen molar-refractivity contribution in [2.24, 2.45) is 5.92 Å². The second-order valence-corrected chi connectivity index (χ2v) is 6.51. The summed E-state index contributed by atoms with van der Waals surface area (Å²) in [4.78, 5) is 8.48. The molecule has 5 nitrogen and oxygen atoms in total. The molecule has 6 heteroatoms. The Morgan fingerprint density at radius 1 is 1.33 bits per heavy atom. The van der Waals surface area contributed by atoms with E-state index >= 15 is 0 Å². The van der Waals surface area contributed by atoms with Gasteiger partial charge in [-0.1, -0.05) is 0 Å². The summed E-state index contributed by atoms with van der Waals surface area (Å²) in [5.41, 5.74) is 1.07. The van der Waals surface area contributed by atoms with Crippen LogP contribution in [0.1, 0.15) is 30.3 Å². The summed E-state index contributed by atoms with van der Waals surface area (Å²) in [6, 6.07) is 0. The number of hydrogen-bond acceptors (Lipinski definition) is 6. The van der Waals surface area contributed by atoms with Gasteiger partial charge in [-0.2, -0.15) is 0 Å². The maximum atomic E-state index is 5.29. The fraction of sp³-hybridized carbons (Fsp3) is 0.800. The molecule has 1 saturated carbocycles. The zero-order valence-electron chi connectivity index (χ0n) is 13.4. The van der Waals surface area contributed by atoms with Crippen LogP contribution in [0.25, 0.3) is 0 Å². The van der Waals surface area contributed by atoms with Crippen molar-refractivity contribution < 1.29 is 9.47 Å². The molecule has 1 aromatic heterocycles. The molecule has 0 unspecified atom stereocenters. The molecule has 0 aromatic carbocycles. The molecule has 2 rings (SSSR count). The van der Waals surface area contributed by atoms with Crippen LogP contribution in [0.5, 0.6) is 0 Å². The number of aromatic nitrogens is 1. The van der Waals surface area contributed by atoms with Gasteiger partial charge in [-0.3, -0.25) is 0 Å². The largest absolute Gasteiger partial charge is 0.383 e. The lowest BCUT2D eigenvalue weighted by Crippen LogP contribution is -2.25. The highest BCUT2D eigenvalue weighted by Gasteiger charge is 2.25. The average Bonchev–Trinajstić information content (AvgIpc) is 3.23. The topological polar surface area (TPSA) is 46.6 Å². The molecule has 0 atom stereocenters. The summed E-state index contributed by atoms with van der Waals surface area (Å²) in [5.74, 6) is 0.878. The number of ether oxygens (including phenoxy) is 2. The van der Waals surface area contributed by atoms with E-state index in [0.29, 0.717) is 6.61 Å². The summed E-state index contributed by atoms with van der Waals surface area (Å²) < 4.78 is 10.4. The van der Waals surface area contributed by atoms with E-state index in [9.17, 15) is 0 Å². The van der Waals surface area contributed by atoms with Crippen LogP contribution in [-0.4, -0.2) is 45.4 Å². The molecule has 1 heterocycles. The second-order valence-electron chi connectivity index (χ2n) is 5.45. The van der Waals surface area contributed by atoms with Gasteiger partial charge in [-0.05, 0) is 25.7 Å². The van der Waals surface area contributed by atoms with Crippen molar-refractivity contribution in [2.45, 2.75) is 32.9 Å². The van der Waals surface area contributed by atoms with Crippen LogP contribution < -0.4 is 10.2 Å². The van der Waals surface area contributed by atoms with E-state index in [4.69, 9.17) is 14.5 Å². The van der Waals surface area contributed by atoms with Crippen LogP contribution in [-0.2, 0) is 22.6 Å². The van der Waals surface area contributed by atoms with Gasteiger partial charge in [0.1, 0.15) is 0 Å². The van der Waals surface area contributed by atoms with Crippen LogP contribution in [0.3, 0.4) is 0 Å². The lowest BCUT2D eigenvalue weighted by molar-refractivity contribution is 0.181. The predicted octanol–water partition coefficient (Wildman–Crippen LogP) is 2.26. The van der Waals surface area contributed by atoms with E-state index in [-0.39, 0.29) is 0 Å². The smallest absolute Gasteiger partial charge is 0.185 e. The fourth-order valence-electron chi connectivity index (χ4n) is 2.22. The van der Waals surface area contributed by atoms with Gasteiger partial charge >= 0.3 is 0 Å². The Labute approximate surface area is 131 Å². The molecule has 0 spiro atoms. The molecule has 1 fully saturated rings. The van der Waals surface area contributed by atoms with Crippen molar-refractivity contribution in [3.05, 3.63) is 10.6 Å². The van der Waals surface area contributed by atoms with E-state index in [1.54, 1.807) is 25.6 Å². The Hall–Kier alpha value is -0.690.